The lowest BCUT2D eigenvalue weighted by atomic mass is 9.74. The van der Waals surface area contributed by atoms with Gasteiger partial charge in [-0.3, -0.25) is 0 Å². The highest BCUT2D eigenvalue weighted by atomic mass is 32.2. The predicted molar refractivity (Wildman–Crippen MR) is 143 cm³/mol. The SMILES string of the molecule is CCOC(=O)C1(C(=O)OCC)N(S(=O)(=O)c2ccc(C)cc2)[C@@H](c2ccccc2)C[C@@]12OCc1ccc(F)cc12. The Morgan fingerprint density at radius 3 is 2.20 bits per heavy atom. The molecule has 2 aliphatic rings. The minimum absolute atomic E-state index is 0.0733. The number of carbonyl (C=O) groups is 2. The molecule has 2 heterocycles. The molecule has 0 aliphatic carbocycles. The Balaban J connectivity index is 1.91. The fraction of sp³-hybridized carbons (Fsp3) is 0.333. The molecule has 0 aromatic heterocycles. The van der Waals surface area contributed by atoms with Crippen LogP contribution in [0.1, 0.15) is 48.6 Å². The quantitative estimate of drug-likeness (QED) is 0.305. The van der Waals surface area contributed by atoms with Crippen molar-refractivity contribution in [3.63, 3.8) is 0 Å². The van der Waals surface area contributed by atoms with Gasteiger partial charge in [0.15, 0.2) is 0 Å². The molecule has 40 heavy (non-hydrogen) atoms. The van der Waals surface area contributed by atoms with Gasteiger partial charge in [0.1, 0.15) is 11.4 Å². The Bertz CT molecular complexity index is 1520. The number of rotatable bonds is 7. The maximum absolute atomic E-state index is 14.8. The fourth-order valence-electron chi connectivity index (χ4n) is 5.88. The molecule has 3 aromatic carbocycles. The summed E-state index contributed by atoms with van der Waals surface area (Å²) >= 11 is 0. The molecule has 1 saturated heterocycles. The largest absolute Gasteiger partial charge is 0.464 e. The second kappa shape index (κ2) is 10.4. The van der Waals surface area contributed by atoms with Crippen LogP contribution in [-0.4, -0.2) is 43.4 Å². The van der Waals surface area contributed by atoms with Gasteiger partial charge in [0, 0.05) is 6.42 Å². The monoisotopic (exact) mass is 567 g/mol. The molecule has 1 spiro atoms. The molecular formula is C30H30FNO7S. The van der Waals surface area contributed by atoms with Crippen molar-refractivity contribution in [2.45, 2.75) is 55.9 Å². The first-order chi connectivity index (χ1) is 19.1. The number of halogens is 1. The Labute approximate surface area is 232 Å². The van der Waals surface area contributed by atoms with Crippen molar-refractivity contribution < 1.29 is 36.6 Å². The van der Waals surface area contributed by atoms with E-state index in [1.807, 2.05) is 6.92 Å². The first-order valence-corrected chi connectivity index (χ1v) is 14.5. The molecule has 0 amide bonds. The third-order valence-corrected chi connectivity index (χ3v) is 9.48. The molecule has 0 N–H and O–H groups in total. The number of nitrogens with zero attached hydrogens (tertiary/aromatic N) is 1. The maximum atomic E-state index is 14.8. The summed E-state index contributed by atoms with van der Waals surface area (Å²) in [5.74, 6) is -2.93. The lowest BCUT2D eigenvalue weighted by Crippen LogP contribution is -2.68. The van der Waals surface area contributed by atoms with Gasteiger partial charge < -0.3 is 14.2 Å². The van der Waals surface area contributed by atoms with E-state index in [1.54, 1.807) is 56.3 Å². The zero-order chi connectivity index (χ0) is 28.7. The third-order valence-electron chi connectivity index (χ3n) is 7.56. The second-order valence-electron chi connectivity index (χ2n) is 9.81. The van der Waals surface area contributed by atoms with Gasteiger partial charge in [-0.25, -0.2) is 22.4 Å². The summed E-state index contributed by atoms with van der Waals surface area (Å²) in [5, 5.41) is 0. The zero-order valence-corrected chi connectivity index (χ0v) is 23.2. The van der Waals surface area contributed by atoms with Gasteiger partial charge in [-0.1, -0.05) is 54.1 Å². The van der Waals surface area contributed by atoms with Crippen LogP contribution in [0.25, 0.3) is 0 Å². The van der Waals surface area contributed by atoms with E-state index < -0.39 is 45.0 Å². The number of hydrogen-bond donors (Lipinski definition) is 0. The number of benzene rings is 3. The molecule has 1 fully saturated rings. The van der Waals surface area contributed by atoms with E-state index in [1.165, 1.54) is 30.3 Å². The van der Waals surface area contributed by atoms with E-state index in [4.69, 9.17) is 14.2 Å². The number of esters is 2. The number of aryl methyl sites for hydroxylation is 1. The van der Waals surface area contributed by atoms with Crippen LogP contribution >= 0.6 is 0 Å². The first kappa shape index (κ1) is 27.9. The van der Waals surface area contributed by atoms with E-state index in [0.717, 1.165) is 9.87 Å². The number of carbonyl (C=O) groups excluding carboxylic acids is 2. The van der Waals surface area contributed by atoms with Crippen LogP contribution in [0.5, 0.6) is 0 Å². The molecule has 8 nitrogen and oxygen atoms in total. The minimum atomic E-state index is -4.61. The van der Waals surface area contributed by atoms with Gasteiger partial charge in [0.05, 0.1) is 30.8 Å². The van der Waals surface area contributed by atoms with Gasteiger partial charge in [0.2, 0.25) is 10.0 Å². The fourth-order valence-corrected chi connectivity index (χ4v) is 7.77. The molecule has 0 saturated carbocycles. The summed E-state index contributed by atoms with van der Waals surface area (Å²) in [6.07, 6.45) is -0.170. The number of ether oxygens (including phenoxy) is 3. The summed E-state index contributed by atoms with van der Waals surface area (Å²) in [4.78, 5) is 28.4. The molecule has 210 valence electrons. The van der Waals surface area contributed by atoms with Crippen LogP contribution < -0.4 is 0 Å². The Morgan fingerprint density at radius 1 is 0.975 bits per heavy atom. The number of sulfonamides is 1. The van der Waals surface area contributed by atoms with Crippen LogP contribution in [-0.2, 0) is 46.0 Å². The third kappa shape index (κ3) is 4.05. The molecule has 2 atom stereocenters. The van der Waals surface area contributed by atoms with Gasteiger partial charge in [-0.15, -0.1) is 0 Å². The lowest BCUT2D eigenvalue weighted by Gasteiger charge is -2.42. The summed E-state index contributed by atoms with van der Waals surface area (Å²) in [6.45, 7) is 4.54. The smallest absolute Gasteiger partial charge is 0.342 e. The molecule has 5 rings (SSSR count). The maximum Gasteiger partial charge on any atom is 0.342 e. The first-order valence-electron chi connectivity index (χ1n) is 13.1. The molecule has 0 radical (unpaired) electrons. The Kier molecular flexibility index (Phi) is 7.28. The van der Waals surface area contributed by atoms with Gasteiger partial charge >= 0.3 is 11.9 Å². The van der Waals surface area contributed by atoms with Crippen LogP contribution in [0.3, 0.4) is 0 Å². The molecule has 0 unspecified atom stereocenters. The molecule has 3 aromatic rings. The molecule has 10 heteroatoms. The second-order valence-corrected chi connectivity index (χ2v) is 11.6. The van der Waals surface area contributed by atoms with E-state index in [2.05, 4.69) is 0 Å². The van der Waals surface area contributed by atoms with Crippen molar-refractivity contribution in [2.75, 3.05) is 13.2 Å². The van der Waals surface area contributed by atoms with Crippen molar-refractivity contribution in [3.05, 3.63) is 101 Å². The number of hydrogen-bond acceptors (Lipinski definition) is 7. The highest BCUT2D eigenvalue weighted by molar-refractivity contribution is 7.89. The summed E-state index contributed by atoms with van der Waals surface area (Å²) in [5.41, 5.74) is -2.54. The average Bonchev–Trinajstić information content (AvgIpc) is 3.46. The highest BCUT2D eigenvalue weighted by Crippen LogP contribution is 2.62. The Morgan fingerprint density at radius 2 is 1.60 bits per heavy atom. The average molecular weight is 568 g/mol. The Hall–Kier alpha value is -3.60. The normalized spacial score (nSPS) is 21.8. The molecule has 2 aliphatic heterocycles. The minimum Gasteiger partial charge on any atom is -0.464 e. The van der Waals surface area contributed by atoms with E-state index in [9.17, 15) is 22.4 Å². The summed E-state index contributed by atoms with van der Waals surface area (Å²) in [6, 6.07) is 17.6. The molecule has 0 bridgehead atoms. The summed E-state index contributed by atoms with van der Waals surface area (Å²) < 4.78 is 62.3. The molecular weight excluding hydrogens is 537 g/mol. The zero-order valence-electron chi connectivity index (χ0n) is 22.4. The summed E-state index contributed by atoms with van der Waals surface area (Å²) in [7, 11) is -4.61. The van der Waals surface area contributed by atoms with Gasteiger partial charge in [-0.05, 0) is 61.7 Å². The van der Waals surface area contributed by atoms with Crippen molar-refractivity contribution in [1.29, 1.82) is 0 Å². The highest BCUT2D eigenvalue weighted by Gasteiger charge is 2.79. The van der Waals surface area contributed by atoms with Gasteiger partial charge in [0.25, 0.3) is 5.54 Å². The standard InChI is InChI=1S/C30H30FNO7S/c1-4-37-27(33)30(28(34)38-5-2)29(25-17-23(31)14-13-22(25)19-39-29)18-26(21-9-7-6-8-10-21)32(30)40(35,36)24-15-11-20(3)12-16-24/h6-17,26H,4-5,18-19H2,1-3H3/t26-,29+/m1/s1. The van der Waals surface area contributed by atoms with Crippen LogP contribution in [0.2, 0.25) is 0 Å². The van der Waals surface area contributed by atoms with Crippen LogP contribution in [0, 0.1) is 12.7 Å². The van der Waals surface area contributed by atoms with E-state index >= 15 is 0 Å². The van der Waals surface area contributed by atoms with Crippen molar-refractivity contribution in [1.82, 2.24) is 4.31 Å². The van der Waals surface area contributed by atoms with Crippen molar-refractivity contribution >= 4 is 22.0 Å². The van der Waals surface area contributed by atoms with Gasteiger partial charge in [-0.2, -0.15) is 4.31 Å². The van der Waals surface area contributed by atoms with Crippen LogP contribution in [0.15, 0.2) is 77.7 Å². The van der Waals surface area contributed by atoms with Crippen molar-refractivity contribution in [3.8, 4) is 0 Å². The van der Waals surface area contributed by atoms with Crippen LogP contribution in [0.4, 0.5) is 4.39 Å². The van der Waals surface area contributed by atoms with E-state index in [-0.39, 0.29) is 36.7 Å². The van der Waals surface area contributed by atoms with Crippen molar-refractivity contribution in [2.24, 2.45) is 0 Å². The van der Waals surface area contributed by atoms with E-state index in [0.29, 0.717) is 11.1 Å². The lowest BCUT2D eigenvalue weighted by molar-refractivity contribution is -0.190. The predicted octanol–water partition coefficient (Wildman–Crippen LogP) is 4.56. The topological polar surface area (TPSA) is 99.2 Å². The number of fused-ring (bicyclic) bond motifs is 2.